The summed E-state index contributed by atoms with van der Waals surface area (Å²) in [5, 5.41) is 3.81. The summed E-state index contributed by atoms with van der Waals surface area (Å²) in [5.41, 5.74) is 1.11. The fourth-order valence-electron chi connectivity index (χ4n) is 3.48. The van der Waals surface area contributed by atoms with E-state index < -0.39 is 15.9 Å². The zero-order valence-electron chi connectivity index (χ0n) is 17.3. The Bertz CT molecular complexity index is 1010. The van der Waals surface area contributed by atoms with Crippen LogP contribution in [0.25, 0.3) is 0 Å². The van der Waals surface area contributed by atoms with Gasteiger partial charge in [0, 0.05) is 17.5 Å². The Labute approximate surface area is 198 Å². The molecule has 0 heterocycles. The van der Waals surface area contributed by atoms with E-state index in [9.17, 15) is 13.2 Å². The Balaban J connectivity index is 1.76. The minimum absolute atomic E-state index is 0.0822. The predicted molar refractivity (Wildman–Crippen MR) is 130 cm³/mol. The number of halogens is 2. The number of nitrogens with one attached hydrogen (secondary N) is 1. The van der Waals surface area contributed by atoms with Crippen LogP contribution >= 0.6 is 35.0 Å². The molecule has 0 radical (unpaired) electrons. The minimum atomic E-state index is -4.02. The highest BCUT2D eigenvalue weighted by molar-refractivity contribution is 7.99. The molecule has 0 bridgehead atoms. The Hall–Kier alpha value is -1.41. The summed E-state index contributed by atoms with van der Waals surface area (Å²) in [6, 6.07) is 11.2. The highest BCUT2D eigenvalue weighted by Gasteiger charge is 2.29. The molecule has 0 unspecified atom stereocenters. The van der Waals surface area contributed by atoms with E-state index in [1.54, 1.807) is 30.3 Å². The van der Waals surface area contributed by atoms with Crippen LogP contribution in [0.4, 0.5) is 5.69 Å². The second kappa shape index (κ2) is 10.9. The molecule has 1 N–H and O–H groups in total. The molecule has 9 heteroatoms. The Morgan fingerprint density at radius 1 is 1.13 bits per heavy atom. The largest absolute Gasteiger partial charge is 0.354 e. The first-order chi connectivity index (χ1) is 14.8. The van der Waals surface area contributed by atoms with Crippen molar-refractivity contribution in [3.63, 3.8) is 0 Å². The summed E-state index contributed by atoms with van der Waals surface area (Å²) in [7, 11) is -4.02. The quantitative estimate of drug-likeness (QED) is 0.475. The molecule has 0 atom stereocenters. The van der Waals surface area contributed by atoms with Gasteiger partial charge in [0.15, 0.2) is 0 Å². The first-order valence-corrected chi connectivity index (χ1v) is 13.5. The van der Waals surface area contributed by atoms with Gasteiger partial charge in [-0.1, -0.05) is 59.8 Å². The number of carbonyl (C=O) groups is 1. The predicted octanol–water partition coefficient (Wildman–Crippen LogP) is 5.29. The lowest BCUT2D eigenvalue weighted by atomic mass is 10.2. The SMILES string of the molecule is Cc1ccc(S(=O)(=O)N(CC(=O)NCCSC2CCCC2)c2cccc(Cl)c2Cl)cc1. The van der Waals surface area contributed by atoms with Crippen molar-refractivity contribution in [2.75, 3.05) is 23.1 Å². The molecule has 1 fully saturated rings. The molecule has 1 aliphatic rings. The molecule has 0 aromatic heterocycles. The van der Waals surface area contributed by atoms with Gasteiger partial charge in [-0.05, 0) is 44.0 Å². The number of amides is 1. The fraction of sp³-hybridized carbons (Fsp3) is 0.409. The molecule has 2 aromatic rings. The van der Waals surface area contributed by atoms with Gasteiger partial charge in [-0.3, -0.25) is 9.10 Å². The van der Waals surface area contributed by atoms with Crippen molar-refractivity contribution in [3.05, 3.63) is 58.1 Å². The van der Waals surface area contributed by atoms with Crippen LogP contribution in [-0.2, 0) is 14.8 Å². The number of carbonyl (C=O) groups excluding carboxylic acids is 1. The van der Waals surface area contributed by atoms with E-state index in [4.69, 9.17) is 23.2 Å². The number of aryl methyl sites for hydroxylation is 1. The zero-order chi connectivity index (χ0) is 22.4. The van der Waals surface area contributed by atoms with E-state index >= 15 is 0 Å². The second-order valence-electron chi connectivity index (χ2n) is 7.52. The molecule has 5 nitrogen and oxygen atoms in total. The third-order valence-electron chi connectivity index (χ3n) is 5.18. The van der Waals surface area contributed by atoms with Gasteiger partial charge in [0.2, 0.25) is 5.91 Å². The van der Waals surface area contributed by atoms with Crippen molar-refractivity contribution in [3.8, 4) is 0 Å². The molecular formula is C22H26Cl2N2O3S2. The van der Waals surface area contributed by atoms with Crippen molar-refractivity contribution in [2.45, 2.75) is 42.8 Å². The lowest BCUT2D eigenvalue weighted by Crippen LogP contribution is -2.41. The van der Waals surface area contributed by atoms with Crippen molar-refractivity contribution >= 4 is 56.6 Å². The number of hydrogen-bond donors (Lipinski definition) is 1. The maximum Gasteiger partial charge on any atom is 0.264 e. The van der Waals surface area contributed by atoms with Crippen LogP contribution in [0.5, 0.6) is 0 Å². The highest BCUT2D eigenvalue weighted by atomic mass is 35.5. The molecule has 1 aliphatic carbocycles. The standard InChI is InChI=1S/C22H26Cl2N2O3S2/c1-16-9-11-18(12-10-16)31(28,29)26(20-8-4-7-19(23)22(20)24)15-21(27)25-13-14-30-17-5-2-3-6-17/h4,7-12,17H,2-3,5-6,13-15H2,1H3,(H,25,27). The van der Waals surface area contributed by atoms with E-state index in [0.29, 0.717) is 11.8 Å². The van der Waals surface area contributed by atoms with E-state index in [-0.39, 0.29) is 27.2 Å². The number of thioether (sulfide) groups is 1. The number of sulfonamides is 1. The summed E-state index contributed by atoms with van der Waals surface area (Å²) in [5.74, 6) is 0.415. The summed E-state index contributed by atoms with van der Waals surface area (Å²) in [6.07, 6.45) is 5.01. The van der Waals surface area contributed by atoms with Crippen LogP contribution in [-0.4, -0.2) is 38.4 Å². The number of benzene rings is 2. The lowest BCUT2D eigenvalue weighted by molar-refractivity contribution is -0.119. The molecule has 0 aliphatic heterocycles. The third kappa shape index (κ3) is 6.31. The molecule has 1 saturated carbocycles. The van der Waals surface area contributed by atoms with Gasteiger partial charge in [0.05, 0.1) is 20.6 Å². The molecule has 168 valence electrons. The number of rotatable bonds is 9. The highest BCUT2D eigenvalue weighted by Crippen LogP contribution is 2.35. The van der Waals surface area contributed by atoms with Gasteiger partial charge in [-0.2, -0.15) is 11.8 Å². The van der Waals surface area contributed by atoms with Crippen LogP contribution in [0.15, 0.2) is 47.4 Å². The van der Waals surface area contributed by atoms with Crippen LogP contribution in [0.2, 0.25) is 10.0 Å². The Morgan fingerprint density at radius 3 is 2.48 bits per heavy atom. The van der Waals surface area contributed by atoms with E-state index in [1.807, 2.05) is 18.7 Å². The molecule has 1 amide bonds. The molecule has 2 aromatic carbocycles. The summed E-state index contributed by atoms with van der Waals surface area (Å²) < 4.78 is 27.8. The number of anilines is 1. The molecule has 31 heavy (non-hydrogen) atoms. The van der Waals surface area contributed by atoms with E-state index in [1.165, 1.54) is 37.8 Å². The average Bonchev–Trinajstić information content (AvgIpc) is 3.25. The van der Waals surface area contributed by atoms with Gasteiger partial charge in [-0.15, -0.1) is 0 Å². The first kappa shape index (κ1) is 24.2. The van der Waals surface area contributed by atoms with Crippen LogP contribution in [0.3, 0.4) is 0 Å². The Kier molecular flexibility index (Phi) is 8.56. The molecular weight excluding hydrogens is 475 g/mol. The zero-order valence-corrected chi connectivity index (χ0v) is 20.5. The van der Waals surface area contributed by atoms with Gasteiger partial charge in [0.25, 0.3) is 10.0 Å². The third-order valence-corrected chi connectivity index (χ3v) is 9.14. The van der Waals surface area contributed by atoms with Crippen LogP contribution in [0.1, 0.15) is 31.2 Å². The fourth-order valence-corrected chi connectivity index (χ4v) is 6.58. The lowest BCUT2D eigenvalue weighted by Gasteiger charge is -2.25. The Morgan fingerprint density at radius 2 is 1.81 bits per heavy atom. The smallest absolute Gasteiger partial charge is 0.264 e. The molecule has 0 spiro atoms. The van der Waals surface area contributed by atoms with E-state index in [0.717, 1.165) is 15.6 Å². The first-order valence-electron chi connectivity index (χ1n) is 10.2. The van der Waals surface area contributed by atoms with Gasteiger partial charge in [0.1, 0.15) is 6.54 Å². The van der Waals surface area contributed by atoms with Gasteiger partial charge in [-0.25, -0.2) is 8.42 Å². The second-order valence-corrected chi connectivity index (χ2v) is 11.6. The van der Waals surface area contributed by atoms with E-state index in [2.05, 4.69) is 5.32 Å². The normalized spacial score (nSPS) is 14.5. The van der Waals surface area contributed by atoms with Crippen LogP contribution in [0, 0.1) is 6.92 Å². The molecule has 0 saturated heterocycles. The summed E-state index contributed by atoms with van der Waals surface area (Å²) in [6.45, 7) is 1.98. The minimum Gasteiger partial charge on any atom is -0.354 e. The van der Waals surface area contributed by atoms with Crippen molar-refractivity contribution < 1.29 is 13.2 Å². The maximum absolute atomic E-state index is 13.4. The summed E-state index contributed by atoms with van der Waals surface area (Å²) in [4.78, 5) is 12.7. The average molecular weight is 502 g/mol. The van der Waals surface area contributed by atoms with Gasteiger partial charge < -0.3 is 5.32 Å². The summed E-state index contributed by atoms with van der Waals surface area (Å²) >= 11 is 14.3. The maximum atomic E-state index is 13.4. The number of nitrogens with zero attached hydrogens (tertiary/aromatic N) is 1. The monoisotopic (exact) mass is 500 g/mol. The molecule has 3 rings (SSSR count). The number of hydrogen-bond acceptors (Lipinski definition) is 4. The van der Waals surface area contributed by atoms with Gasteiger partial charge >= 0.3 is 0 Å². The topological polar surface area (TPSA) is 66.5 Å². The van der Waals surface area contributed by atoms with Crippen molar-refractivity contribution in [2.24, 2.45) is 0 Å². The van der Waals surface area contributed by atoms with Crippen molar-refractivity contribution in [1.82, 2.24) is 5.32 Å². The van der Waals surface area contributed by atoms with Crippen LogP contribution < -0.4 is 9.62 Å². The van der Waals surface area contributed by atoms with Crippen molar-refractivity contribution in [1.29, 1.82) is 0 Å².